The van der Waals surface area contributed by atoms with Gasteiger partial charge in [0, 0.05) is 32.9 Å². The number of rotatable bonds is 9. The van der Waals surface area contributed by atoms with E-state index in [1.54, 1.807) is 36.8 Å². The van der Waals surface area contributed by atoms with Crippen LogP contribution in [0.15, 0.2) is 45.3 Å². The third kappa shape index (κ3) is 4.06. The van der Waals surface area contributed by atoms with Crippen molar-refractivity contribution in [1.82, 2.24) is 28.2 Å². The molecule has 31 heavy (non-hydrogen) atoms. The lowest BCUT2D eigenvalue weighted by atomic mass is 10.2. The first-order valence-electron chi connectivity index (χ1n) is 10.7. The number of hydrogen-bond acceptors (Lipinski definition) is 5. The van der Waals surface area contributed by atoms with Crippen LogP contribution in [0.4, 0.5) is 0 Å². The summed E-state index contributed by atoms with van der Waals surface area (Å²) in [5.41, 5.74) is 2.43. The highest BCUT2D eigenvalue weighted by Gasteiger charge is 2.15. The monoisotopic (exact) mass is 440 g/mol. The van der Waals surface area contributed by atoms with Crippen molar-refractivity contribution in [3.05, 3.63) is 51.4 Å². The summed E-state index contributed by atoms with van der Waals surface area (Å²) in [6, 6.07) is 8.22. The van der Waals surface area contributed by atoms with Gasteiger partial charge in [0.15, 0.2) is 16.3 Å². The van der Waals surface area contributed by atoms with E-state index in [0.29, 0.717) is 24.1 Å². The fourth-order valence-corrected chi connectivity index (χ4v) is 4.84. The van der Waals surface area contributed by atoms with Crippen LogP contribution >= 0.6 is 11.8 Å². The second-order valence-corrected chi connectivity index (χ2v) is 8.83. The Labute approximate surface area is 184 Å². The molecule has 4 aromatic rings. The molecule has 0 radical (unpaired) electrons. The summed E-state index contributed by atoms with van der Waals surface area (Å²) < 4.78 is 6.72. The number of aromatic nitrogens is 6. The molecule has 164 valence electrons. The molecule has 0 unspecified atom stereocenters. The van der Waals surface area contributed by atoms with E-state index < -0.39 is 0 Å². The maximum Gasteiger partial charge on any atom is 0.332 e. The quantitative estimate of drug-likeness (QED) is 0.295. The molecule has 4 rings (SSSR count). The molecule has 0 bridgehead atoms. The Morgan fingerprint density at radius 2 is 1.77 bits per heavy atom. The zero-order chi connectivity index (χ0) is 22.0. The van der Waals surface area contributed by atoms with Crippen LogP contribution in [0.1, 0.15) is 32.6 Å². The summed E-state index contributed by atoms with van der Waals surface area (Å²) in [5, 5.41) is 1.000. The molecule has 3 heterocycles. The number of fused-ring (bicyclic) bond motifs is 2. The molecule has 0 saturated carbocycles. The van der Waals surface area contributed by atoms with Gasteiger partial charge in [-0.3, -0.25) is 13.9 Å². The van der Waals surface area contributed by atoms with E-state index >= 15 is 0 Å². The van der Waals surface area contributed by atoms with Crippen molar-refractivity contribution >= 4 is 34.0 Å². The average Bonchev–Trinajstić information content (AvgIpc) is 3.32. The Morgan fingerprint density at radius 3 is 2.58 bits per heavy atom. The van der Waals surface area contributed by atoms with Gasteiger partial charge in [-0.05, 0) is 25.0 Å². The van der Waals surface area contributed by atoms with Gasteiger partial charge in [-0.15, -0.1) is 0 Å². The van der Waals surface area contributed by atoms with Gasteiger partial charge in [0.1, 0.15) is 0 Å². The minimum atomic E-state index is -0.326. The summed E-state index contributed by atoms with van der Waals surface area (Å²) in [4.78, 5) is 34.5. The number of para-hydroxylation sites is 2. The van der Waals surface area contributed by atoms with Gasteiger partial charge >= 0.3 is 5.69 Å². The third-order valence-corrected chi connectivity index (χ3v) is 6.63. The van der Waals surface area contributed by atoms with Crippen molar-refractivity contribution in [2.75, 3.05) is 5.75 Å². The summed E-state index contributed by atoms with van der Waals surface area (Å²) in [7, 11) is 3.42. The van der Waals surface area contributed by atoms with Crippen molar-refractivity contribution < 1.29 is 0 Å². The summed E-state index contributed by atoms with van der Waals surface area (Å²) >= 11 is 1.68. The molecule has 0 N–H and O–H groups in total. The van der Waals surface area contributed by atoms with Gasteiger partial charge in [-0.25, -0.2) is 14.8 Å². The van der Waals surface area contributed by atoms with Crippen LogP contribution in [-0.4, -0.2) is 34.0 Å². The first-order valence-corrected chi connectivity index (χ1v) is 11.7. The number of benzene rings is 1. The zero-order valence-corrected chi connectivity index (χ0v) is 19.1. The van der Waals surface area contributed by atoms with Crippen molar-refractivity contribution in [3.8, 4) is 0 Å². The van der Waals surface area contributed by atoms with Crippen molar-refractivity contribution in [3.63, 3.8) is 0 Å². The Morgan fingerprint density at radius 1 is 1.00 bits per heavy atom. The van der Waals surface area contributed by atoms with Crippen LogP contribution in [0.5, 0.6) is 0 Å². The average molecular weight is 441 g/mol. The minimum Gasteiger partial charge on any atom is -0.328 e. The Hall–Kier alpha value is -2.81. The fraction of sp³-hybridized carbons (Fsp3) is 0.455. The number of thioether (sulfide) groups is 1. The van der Waals surface area contributed by atoms with Gasteiger partial charge in [-0.2, -0.15) is 0 Å². The zero-order valence-electron chi connectivity index (χ0n) is 18.2. The molecule has 0 fully saturated rings. The second-order valence-electron chi connectivity index (χ2n) is 7.77. The highest BCUT2D eigenvalue weighted by Crippen LogP contribution is 2.25. The normalized spacial score (nSPS) is 11.7. The molecule has 3 aromatic heterocycles. The topological polar surface area (TPSA) is 79.6 Å². The summed E-state index contributed by atoms with van der Waals surface area (Å²) in [5.74, 6) is 0.774. The summed E-state index contributed by atoms with van der Waals surface area (Å²) in [6.07, 6.45) is 5.76. The molecule has 0 spiro atoms. The molecule has 0 atom stereocenters. The number of unbranched alkanes of at least 4 members (excludes halogenated alkanes) is 2. The molecule has 0 saturated heterocycles. The second kappa shape index (κ2) is 9.13. The van der Waals surface area contributed by atoms with Crippen molar-refractivity contribution in [2.45, 2.75) is 50.9 Å². The predicted octanol–water partition coefficient (Wildman–Crippen LogP) is 3.16. The van der Waals surface area contributed by atoms with E-state index in [4.69, 9.17) is 4.98 Å². The lowest BCUT2D eigenvalue weighted by Gasteiger charge is -2.10. The van der Waals surface area contributed by atoms with E-state index in [0.717, 1.165) is 34.9 Å². The Balaban J connectivity index is 1.50. The minimum absolute atomic E-state index is 0.282. The van der Waals surface area contributed by atoms with E-state index in [1.165, 1.54) is 22.0 Å². The van der Waals surface area contributed by atoms with Crippen LogP contribution in [0.25, 0.3) is 22.2 Å². The maximum absolute atomic E-state index is 12.8. The first kappa shape index (κ1) is 21.4. The first-order chi connectivity index (χ1) is 15.0. The van der Waals surface area contributed by atoms with Crippen LogP contribution < -0.4 is 11.2 Å². The van der Waals surface area contributed by atoms with Gasteiger partial charge in [0.25, 0.3) is 5.56 Å². The lowest BCUT2D eigenvalue weighted by Crippen LogP contribution is -2.39. The van der Waals surface area contributed by atoms with Gasteiger partial charge in [0.2, 0.25) is 0 Å². The van der Waals surface area contributed by atoms with Gasteiger partial charge in [-0.1, -0.05) is 43.7 Å². The molecular weight excluding hydrogens is 412 g/mol. The number of nitrogens with zero attached hydrogens (tertiary/aromatic N) is 6. The molecule has 1 aromatic carbocycles. The van der Waals surface area contributed by atoms with Crippen molar-refractivity contribution in [1.29, 1.82) is 0 Å². The maximum atomic E-state index is 12.8. The smallest absolute Gasteiger partial charge is 0.328 e. The molecule has 0 aliphatic carbocycles. The van der Waals surface area contributed by atoms with Crippen molar-refractivity contribution in [2.24, 2.45) is 14.1 Å². The standard InChI is InChI=1S/C22H28N6O2S/c1-4-5-8-12-27-17-11-7-6-10-16(17)24-21(27)31-14-9-13-28-20(29)18-19(23-15-25(18)2)26(3)22(28)30/h6-7,10-11,15H,4-5,8-9,12-14H2,1-3H3. The number of imidazole rings is 2. The highest BCUT2D eigenvalue weighted by molar-refractivity contribution is 7.99. The number of aryl methyl sites for hydroxylation is 3. The van der Waals surface area contributed by atoms with E-state index in [9.17, 15) is 9.59 Å². The Bertz CT molecular complexity index is 1330. The molecule has 9 heteroatoms. The van der Waals surface area contributed by atoms with Crippen LogP contribution in [0.3, 0.4) is 0 Å². The van der Waals surface area contributed by atoms with E-state index in [2.05, 4.69) is 22.5 Å². The molecule has 8 nitrogen and oxygen atoms in total. The molecular formula is C22H28N6O2S. The molecule has 0 aliphatic rings. The third-order valence-electron chi connectivity index (χ3n) is 5.56. The van der Waals surface area contributed by atoms with Crippen LogP contribution in [-0.2, 0) is 27.2 Å². The van der Waals surface area contributed by atoms with Gasteiger partial charge < -0.3 is 9.13 Å². The highest BCUT2D eigenvalue weighted by atomic mass is 32.2. The van der Waals surface area contributed by atoms with Crippen LogP contribution in [0, 0.1) is 0 Å². The lowest BCUT2D eigenvalue weighted by molar-refractivity contribution is 0.576. The fourth-order valence-electron chi connectivity index (χ4n) is 3.88. The SMILES string of the molecule is CCCCCn1c(SCCCn2c(=O)c3c(ncn3C)n(C)c2=O)nc2ccccc21. The molecule has 0 aliphatic heterocycles. The molecule has 0 amide bonds. The predicted molar refractivity (Wildman–Crippen MR) is 125 cm³/mol. The number of hydrogen-bond donors (Lipinski definition) is 0. The van der Waals surface area contributed by atoms with E-state index in [-0.39, 0.29) is 11.2 Å². The largest absolute Gasteiger partial charge is 0.332 e. The van der Waals surface area contributed by atoms with Crippen LogP contribution in [0.2, 0.25) is 0 Å². The van der Waals surface area contributed by atoms with E-state index in [1.807, 2.05) is 18.2 Å². The Kier molecular flexibility index (Phi) is 6.31. The summed E-state index contributed by atoms with van der Waals surface area (Å²) in [6.45, 7) is 3.53. The van der Waals surface area contributed by atoms with Gasteiger partial charge in [0.05, 0.1) is 17.4 Å².